The maximum Gasteiger partial charge on any atom is 0.225 e. The molecular weight excluding hydrogens is 296 g/mol. The Bertz CT molecular complexity index is 433. The first-order chi connectivity index (χ1) is 7.54. The molecule has 0 heterocycles. The fourth-order valence-electron chi connectivity index (χ4n) is 1.05. The van der Waals surface area contributed by atoms with Gasteiger partial charge < -0.3 is 5.32 Å². The first-order valence-corrected chi connectivity index (χ1v) is 5.59. The number of carbonyl (C=O) groups is 1. The van der Waals surface area contributed by atoms with Gasteiger partial charge in [0.25, 0.3) is 0 Å². The van der Waals surface area contributed by atoms with E-state index < -0.39 is 5.82 Å². The summed E-state index contributed by atoms with van der Waals surface area (Å²) in [6.07, 6.45) is 5.59. The smallest absolute Gasteiger partial charge is 0.225 e. The van der Waals surface area contributed by atoms with Crippen LogP contribution in [0, 0.1) is 18.2 Å². The molecule has 0 aromatic heterocycles. The monoisotopic (exact) mass is 303 g/mol. The van der Waals surface area contributed by atoms with Gasteiger partial charge in [0, 0.05) is 17.3 Å². The third-order valence-corrected chi connectivity index (χ3v) is 2.69. The second kappa shape index (κ2) is 5.88. The molecule has 0 aliphatic heterocycles. The Hall–Kier alpha value is -1.05. The van der Waals surface area contributed by atoms with Crippen LogP contribution >= 0.6 is 27.5 Å². The molecule has 0 fully saturated rings. The number of halogens is 3. The number of benzene rings is 1. The predicted molar refractivity (Wildman–Crippen MR) is 65.8 cm³/mol. The summed E-state index contributed by atoms with van der Waals surface area (Å²) in [7, 11) is 0. The highest BCUT2D eigenvalue weighted by molar-refractivity contribution is 9.10. The van der Waals surface area contributed by atoms with Gasteiger partial charge in [-0.1, -0.05) is 11.6 Å². The average Bonchev–Trinajstić information content (AvgIpc) is 2.20. The summed E-state index contributed by atoms with van der Waals surface area (Å²) in [5, 5.41) is 2.70. The molecule has 1 rings (SSSR count). The van der Waals surface area contributed by atoms with Crippen molar-refractivity contribution < 1.29 is 9.18 Å². The molecule has 0 saturated heterocycles. The van der Waals surface area contributed by atoms with Crippen LogP contribution in [0.1, 0.15) is 12.8 Å². The van der Waals surface area contributed by atoms with Crippen molar-refractivity contribution in [3.8, 4) is 12.3 Å². The van der Waals surface area contributed by atoms with Crippen LogP contribution in [0.15, 0.2) is 16.6 Å². The van der Waals surface area contributed by atoms with Gasteiger partial charge in [-0.15, -0.1) is 12.3 Å². The summed E-state index contributed by atoms with van der Waals surface area (Å²) in [6.45, 7) is 0. The Morgan fingerprint density at radius 3 is 2.88 bits per heavy atom. The van der Waals surface area contributed by atoms with E-state index in [1.54, 1.807) is 0 Å². The quantitative estimate of drug-likeness (QED) is 0.850. The Balaban J connectivity index is 2.82. The van der Waals surface area contributed by atoms with Gasteiger partial charge in [-0.3, -0.25) is 4.79 Å². The maximum atomic E-state index is 12.9. The predicted octanol–water partition coefficient (Wildman–Crippen LogP) is 3.59. The largest absolute Gasteiger partial charge is 0.324 e. The molecule has 1 aromatic rings. The van der Waals surface area contributed by atoms with E-state index in [9.17, 15) is 9.18 Å². The van der Waals surface area contributed by atoms with Crippen LogP contribution < -0.4 is 5.32 Å². The van der Waals surface area contributed by atoms with Crippen molar-refractivity contribution in [1.29, 1.82) is 0 Å². The molecule has 0 unspecified atom stereocenters. The Kier molecular flexibility index (Phi) is 4.78. The summed E-state index contributed by atoms with van der Waals surface area (Å²) in [6, 6.07) is 2.35. The minimum atomic E-state index is -0.474. The van der Waals surface area contributed by atoms with E-state index in [-0.39, 0.29) is 17.4 Å². The molecule has 2 nitrogen and oxygen atoms in total. The molecule has 0 aliphatic rings. The zero-order chi connectivity index (χ0) is 12.1. The van der Waals surface area contributed by atoms with Crippen molar-refractivity contribution in [1.82, 2.24) is 0 Å². The van der Waals surface area contributed by atoms with Crippen molar-refractivity contribution >= 4 is 39.1 Å². The van der Waals surface area contributed by atoms with Gasteiger partial charge in [-0.25, -0.2) is 4.39 Å². The highest BCUT2D eigenvalue weighted by Crippen LogP contribution is 2.31. The van der Waals surface area contributed by atoms with Crippen molar-refractivity contribution in [3.05, 3.63) is 27.4 Å². The van der Waals surface area contributed by atoms with E-state index in [0.717, 1.165) is 6.07 Å². The third-order valence-electron chi connectivity index (χ3n) is 1.77. The molecule has 0 bridgehead atoms. The highest BCUT2D eigenvalue weighted by Gasteiger charge is 2.10. The number of rotatable bonds is 3. The van der Waals surface area contributed by atoms with Crippen LogP contribution in [-0.2, 0) is 4.79 Å². The zero-order valence-electron chi connectivity index (χ0n) is 8.19. The lowest BCUT2D eigenvalue weighted by atomic mass is 10.2. The number of hydrogen-bond acceptors (Lipinski definition) is 1. The molecule has 16 heavy (non-hydrogen) atoms. The van der Waals surface area contributed by atoms with Crippen LogP contribution in [0.4, 0.5) is 10.1 Å². The molecular formula is C11H8BrClFNO. The summed E-state index contributed by atoms with van der Waals surface area (Å²) in [4.78, 5) is 11.4. The molecule has 0 aliphatic carbocycles. The number of hydrogen-bond donors (Lipinski definition) is 1. The van der Waals surface area contributed by atoms with Gasteiger partial charge in [0.2, 0.25) is 5.91 Å². The van der Waals surface area contributed by atoms with Crippen LogP contribution in [0.2, 0.25) is 5.02 Å². The topological polar surface area (TPSA) is 29.1 Å². The molecule has 84 valence electrons. The Morgan fingerprint density at radius 2 is 2.31 bits per heavy atom. The number of anilines is 1. The average molecular weight is 305 g/mol. The lowest BCUT2D eigenvalue weighted by Crippen LogP contribution is -2.11. The second-order valence-electron chi connectivity index (χ2n) is 3.00. The minimum Gasteiger partial charge on any atom is -0.324 e. The van der Waals surface area contributed by atoms with Crippen molar-refractivity contribution in [2.45, 2.75) is 12.8 Å². The fourth-order valence-corrected chi connectivity index (χ4v) is 1.95. The summed E-state index contributed by atoms with van der Waals surface area (Å²) in [5.41, 5.74) is 0.352. The molecule has 5 heteroatoms. The maximum absolute atomic E-state index is 12.9. The molecule has 0 spiro atoms. The highest BCUT2D eigenvalue weighted by atomic mass is 79.9. The number of nitrogens with one attached hydrogen (secondary N) is 1. The van der Waals surface area contributed by atoms with Gasteiger partial charge in [0.05, 0.1) is 10.7 Å². The van der Waals surface area contributed by atoms with Crippen LogP contribution in [0.25, 0.3) is 0 Å². The van der Waals surface area contributed by atoms with Crippen LogP contribution in [-0.4, -0.2) is 5.91 Å². The molecule has 0 atom stereocenters. The molecule has 0 saturated carbocycles. The van der Waals surface area contributed by atoms with Gasteiger partial charge in [-0.05, 0) is 28.1 Å². The standard InChI is InChI=1S/C11H8BrClFNO/c1-2-3-4-10(16)15-11-8(12)5-7(14)6-9(11)13/h1,5-6H,3-4H2,(H,15,16). The van der Waals surface area contributed by atoms with E-state index in [4.69, 9.17) is 18.0 Å². The SMILES string of the molecule is C#CCCC(=O)Nc1c(Cl)cc(F)cc1Br. The Labute approximate surface area is 106 Å². The van der Waals surface area contributed by atoms with Crippen molar-refractivity contribution in [3.63, 3.8) is 0 Å². The number of carbonyl (C=O) groups excluding carboxylic acids is 1. The third kappa shape index (κ3) is 3.51. The fraction of sp³-hybridized carbons (Fsp3) is 0.182. The lowest BCUT2D eigenvalue weighted by Gasteiger charge is -2.08. The van der Waals surface area contributed by atoms with E-state index in [1.165, 1.54) is 6.07 Å². The van der Waals surface area contributed by atoms with Gasteiger partial charge >= 0.3 is 0 Å². The molecule has 1 amide bonds. The van der Waals surface area contributed by atoms with E-state index in [0.29, 0.717) is 16.6 Å². The molecule has 1 N–H and O–H groups in total. The summed E-state index contributed by atoms with van der Waals surface area (Å²) >= 11 is 8.90. The summed E-state index contributed by atoms with van der Waals surface area (Å²) in [5.74, 6) is 1.63. The minimum absolute atomic E-state index is 0.140. The second-order valence-corrected chi connectivity index (χ2v) is 4.26. The number of amides is 1. The summed E-state index contributed by atoms with van der Waals surface area (Å²) < 4.78 is 13.3. The first kappa shape index (κ1) is 13.0. The zero-order valence-corrected chi connectivity index (χ0v) is 10.5. The van der Waals surface area contributed by atoms with Crippen LogP contribution in [0.5, 0.6) is 0 Å². The lowest BCUT2D eigenvalue weighted by molar-refractivity contribution is -0.116. The van der Waals surface area contributed by atoms with E-state index in [1.807, 2.05) is 0 Å². The van der Waals surface area contributed by atoms with Crippen molar-refractivity contribution in [2.24, 2.45) is 0 Å². The first-order valence-electron chi connectivity index (χ1n) is 4.42. The molecule has 1 aromatic carbocycles. The molecule has 0 radical (unpaired) electrons. The Morgan fingerprint density at radius 1 is 1.62 bits per heavy atom. The van der Waals surface area contributed by atoms with Gasteiger partial charge in [0.1, 0.15) is 5.82 Å². The van der Waals surface area contributed by atoms with E-state index >= 15 is 0 Å². The van der Waals surface area contributed by atoms with Gasteiger partial charge in [0.15, 0.2) is 0 Å². The number of terminal acetylenes is 1. The van der Waals surface area contributed by atoms with E-state index in [2.05, 4.69) is 27.2 Å². The van der Waals surface area contributed by atoms with Crippen LogP contribution in [0.3, 0.4) is 0 Å². The van der Waals surface area contributed by atoms with Crippen molar-refractivity contribution in [2.75, 3.05) is 5.32 Å². The normalized spacial score (nSPS) is 9.62. The van der Waals surface area contributed by atoms with Gasteiger partial charge in [-0.2, -0.15) is 0 Å².